The lowest BCUT2D eigenvalue weighted by molar-refractivity contribution is 0.191. The number of rotatable bonds is 6. The number of ether oxygens (including phenoxy) is 1. The van der Waals surface area contributed by atoms with Crippen LogP contribution < -0.4 is 0 Å². The van der Waals surface area contributed by atoms with Crippen LogP contribution in [0, 0.1) is 0 Å². The molecule has 1 unspecified atom stereocenters. The molecule has 0 N–H and O–H groups in total. The lowest BCUT2D eigenvalue weighted by atomic mass is 10.3. The molecule has 0 aliphatic carbocycles. The minimum atomic E-state index is -0.129. The maximum Gasteiger partial charge on any atom is 0.160 e. The van der Waals surface area contributed by atoms with Gasteiger partial charge in [0.25, 0.3) is 0 Å². The molecule has 0 aliphatic heterocycles. The number of fused-ring (bicyclic) bond motifs is 1. The fraction of sp³-hybridized carbons (Fsp3) is 0.538. The van der Waals surface area contributed by atoms with Gasteiger partial charge in [0.15, 0.2) is 5.65 Å². The van der Waals surface area contributed by atoms with Gasteiger partial charge in [-0.1, -0.05) is 0 Å². The molecule has 2 rings (SSSR count). The monoisotopic (exact) mass is 345 g/mol. The normalized spacial score (nSPS) is 13.1. The van der Waals surface area contributed by atoms with Gasteiger partial charge >= 0.3 is 0 Å². The van der Waals surface area contributed by atoms with Crippen molar-refractivity contribution in [1.29, 1.82) is 0 Å². The number of methoxy groups -OCH3 is 1. The van der Waals surface area contributed by atoms with Gasteiger partial charge in [-0.3, -0.25) is 0 Å². The number of aryl methyl sites for hydroxylation is 1. The van der Waals surface area contributed by atoms with Crippen LogP contribution >= 0.6 is 27.5 Å². The molecule has 0 aliphatic rings. The molecule has 2 aromatic heterocycles. The SMILES string of the molecule is COCCCCn1c(C(C)Cl)nc2cc(Br)cnc21. The van der Waals surface area contributed by atoms with Crippen molar-refractivity contribution in [3.8, 4) is 0 Å². The Balaban J connectivity index is 2.30. The molecule has 1 atom stereocenters. The molecule has 2 heterocycles. The van der Waals surface area contributed by atoms with Crippen molar-refractivity contribution in [2.45, 2.75) is 31.7 Å². The zero-order valence-corrected chi connectivity index (χ0v) is 13.4. The summed E-state index contributed by atoms with van der Waals surface area (Å²) in [6.45, 7) is 3.57. The minimum absolute atomic E-state index is 0.129. The molecule has 0 spiro atoms. The Morgan fingerprint density at radius 2 is 2.26 bits per heavy atom. The van der Waals surface area contributed by atoms with E-state index in [1.165, 1.54) is 0 Å². The highest BCUT2D eigenvalue weighted by molar-refractivity contribution is 9.10. The summed E-state index contributed by atoms with van der Waals surface area (Å²) in [5.74, 6) is 0.875. The first-order valence-corrected chi connectivity index (χ1v) is 7.51. The van der Waals surface area contributed by atoms with Crippen LogP contribution in [-0.2, 0) is 11.3 Å². The molecule has 0 amide bonds. The Morgan fingerprint density at radius 1 is 1.47 bits per heavy atom. The summed E-state index contributed by atoms with van der Waals surface area (Å²) >= 11 is 9.63. The predicted molar refractivity (Wildman–Crippen MR) is 80.6 cm³/mol. The number of alkyl halides is 1. The van der Waals surface area contributed by atoms with Gasteiger partial charge < -0.3 is 9.30 Å². The molecule has 4 nitrogen and oxygen atoms in total. The summed E-state index contributed by atoms with van der Waals surface area (Å²) in [5, 5.41) is -0.129. The van der Waals surface area contributed by atoms with Gasteiger partial charge in [0, 0.05) is 30.9 Å². The quantitative estimate of drug-likeness (QED) is 0.588. The van der Waals surface area contributed by atoms with Gasteiger partial charge in [0.2, 0.25) is 0 Å². The van der Waals surface area contributed by atoms with Crippen LogP contribution in [0.5, 0.6) is 0 Å². The summed E-state index contributed by atoms with van der Waals surface area (Å²) < 4.78 is 8.10. The van der Waals surface area contributed by atoms with E-state index in [4.69, 9.17) is 16.3 Å². The zero-order valence-electron chi connectivity index (χ0n) is 11.1. The number of nitrogens with zero attached hydrogens (tertiary/aromatic N) is 3. The standard InChI is InChI=1S/C13H17BrClN3O/c1-9(15)12-17-11-7-10(14)8-16-13(11)18(12)5-3-4-6-19-2/h7-9H,3-6H2,1-2H3. The zero-order chi connectivity index (χ0) is 13.8. The highest BCUT2D eigenvalue weighted by Gasteiger charge is 2.15. The molecule has 0 saturated heterocycles. The molecule has 0 fully saturated rings. The third-order valence-corrected chi connectivity index (χ3v) is 3.55. The van der Waals surface area contributed by atoms with Crippen molar-refractivity contribution in [1.82, 2.24) is 14.5 Å². The Morgan fingerprint density at radius 3 is 2.95 bits per heavy atom. The van der Waals surface area contributed by atoms with Crippen LogP contribution in [0.2, 0.25) is 0 Å². The number of hydrogen-bond donors (Lipinski definition) is 0. The number of halogens is 2. The fourth-order valence-corrected chi connectivity index (χ4v) is 2.53. The molecule has 0 saturated carbocycles. The lowest BCUT2D eigenvalue weighted by Gasteiger charge is -2.09. The number of aromatic nitrogens is 3. The summed E-state index contributed by atoms with van der Waals surface area (Å²) in [6, 6.07) is 1.97. The number of pyridine rings is 1. The van der Waals surface area contributed by atoms with Crippen LogP contribution in [0.4, 0.5) is 0 Å². The Bertz CT molecular complexity index is 556. The van der Waals surface area contributed by atoms with E-state index in [1.54, 1.807) is 13.3 Å². The summed E-state index contributed by atoms with van der Waals surface area (Å²) in [7, 11) is 1.72. The van der Waals surface area contributed by atoms with E-state index in [9.17, 15) is 0 Å². The van der Waals surface area contributed by atoms with Gasteiger partial charge in [-0.25, -0.2) is 9.97 Å². The van der Waals surface area contributed by atoms with Crippen molar-refractivity contribution >= 4 is 38.7 Å². The van der Waals surface area contributed by atoms with E-state index in [0.29, 0.717) is 0 Å². The Labute approximate surface area is 126 Å². The molecule has 0 bridgehead atoms. The van der Waals surface area contributed by atoms with Crippen molar-refractivity contribution < 1.29 is 4.74 Å². The minimum Gasteiger partial charge on any atom is -0.385 e. The van der Waals surface area contributed by atoms with E-state index >= 15 is 0 Å². The lowest BCUT2D eigenvalue weighted by Crippen LogP contribution is -2.06. The summed E-state index contributed by atoms with van der Waals surface area (Å²) in [5.41, 5.74) is 1.77. The Hall–Kier alpha value is -0.650. The van der Waals surface area contributed by atoms with Crippen molar-refractivity contribution in [2.24, 2.45) is 0 Å². The molecule has 0 aromatic carbocycles. The summed E-state index contributed by atoms with van der Waals surface area (Å²) in [4.78, 5) is 9.03. The van der Waals surface area contributed by atoms with E-state index in [0.717, 1.165) is 47.5 Å². The van der Waals surface area contributed by atoms with Gasteiger partial charge in [-0.2, -0.15) is 0 Å². The molecule has 6 heteroatoms. The first kappa shape index (κ1) is 14.8. The third kappa shape index (κ3) is 3.46. The second-order valence-corrected chi connectivity index (χ2v) is 6.00. The van der Waals surface area contributed by atoms with Gasteiger partial charge in [0.1, 0.15) is 11.3 Å². The second-order valence-electron chi connectivity index (χ2n) is 4.43. The van der Waals surface area contributed by atoms with Crippen LogP contribution in [0.3, 0.4) is 0 Å². The molecule has 2 aromatic rings. The first-order chi connectivity index (χ1) is 9.13. The van der Waals surface area contributed by atoms with Crippen molar-refractivity contribution in [3.05, 3.63) is 22.6 Å². The average Bonchev–Trinajstić information content (AvgIpc) is 2.72. The smallest absolute Gasteiger partial charge is 0.160 e. The van der Waals surface area contributed by atoms with Crippen LogP contribution in [0.15, 0.2) is 16.7 Å². The van der Waals surface area contributed by atoms with E-state index in [1.807, 2.05) is 13.0 Å². The second kappa shape index (κ2) is 6.68. The van der Waals surface area contributed by atoms with E-state index in [-0.39, 0.29) is 5.38 Å². The topological polar surface area (TPSA) is 39.9 Å². The maximum absolute atomic E-state index is 6.21. The number of unbranched alkanes of at least 4 members (excludes halogenated alkanes) is 1. The highest BCUT2D eigenvalue weighted by Crippen LogP contribution is 2.25. The number of hydrogen-bond acceptors (Lipinski definition) is 3. The maximum atomic E-state index is 6.21. The van der Waals surface area contributed by atoms with Gasteiger partial charge in [-0.05, 0) is 41.8 Å². The van der Waals surface area contributed by atoms with E-state index < -0.39 is 0 Å². The van der Waals surface area contributed by atoms with Crippen molar-refractivity contribution in [3.63, 3.8) is 0 Å². The van der Waals surface area contributed by atoms with Crippen LogP contribution in [0.1, 0.15) is 31.0 Å². The summed E-state index contributed by atoms with van der Waals surface area (Å²) in [6.07, 6.45) is 3.83. The van der Waals surface area contributed by atoms with Crippen LogP contribution in [-0.4, -0.2) is 28.3 Å². The fourth-order valence-electron chi connectivity index (χ4n) is 2.04. The molecule has 0 radical (unpaired) electrons. The third-order valence-electron chi connectivity index (χ3n) is 2.92. The number of imidazole rings is 1. The van der Waals surface area contributed by atoms with Gasteiger partial charge in [0.05, 0.1) is 5.38 Å². The first-order valence-electron chi connectivity index (χ1n) is 6.28. The molecule has 19 heavy (non-hydrogen) atoms. The van der Waals surface area contributed by atoms with Crippen LogP contribution in [0.25, 0.3) is 11.2 Å². The van der Waals surface area contributed by atoms with Gasteiger partial charge in [-0.15, -0.1) is 11.6 Å². The molecular weight excluding hydrogens is 330 g/mol. The van der Waals surface area contributed by atoms with Crippen molar-refractivity contribution in [2.75, 3.05) is 13.7 Å². The van der Waals surface area contributed by atoms with E-state index in [2.05, 4.69) is 30.5 Å². The highest BCUT2D eigenvalue weighted by atomic mass is 79.9. The average molecular weight is 347 g/mol. The largest absolute Gasteiger partial charge is 0.385 e. The molecular formula is C13H17BrClN3O. The Kier molecular flexibility index (Phi) is 5.19. The predicted octanol–water partition coefficient (Wildman–Crippen LogP) is 3.92. The molecule has 104 valence electrons.